The van der Waals surface area contributed by atoms with Crippen molar-refractivity contribution in [3.63, 3.8) is 0 Å². The zero-order valence-electron chi connectivity index (χ0n) is 25.0. The molecule has 2 aromatic rings. The Labute approximate surface area is 255 Å². The number of anilines is 2. The summed E-state index contributed by atoms with van der Waals surface area (Å²) in [5.74, 6) is -1.04. The van der Waals surface area contributed by atoms with Gasteiger partial charge in [-0.1, -0.05) is 19.1 Å². The standard InChI is InChI=1S/C30H40N2O11Si/c1-15-26(44(3,4)40)21(10-11-33)43-30(15)19-13-18(41-2)8-9-20(19)32(29(30)39)14-16-6-5-7-17(12-16)31-27(37)25-23(35)22(34)24(36)28(38)42-25/h5-9,12-13,15,21-26,28,33-36,38,40H,10-11,14H2,1-4H3,(H,31,37)/t15-,21+,22+,23+,24-,25+,26-,28-,30+/m1/s1. The van der Waals surface area contributed by atoms with Gasteiger partial charge in [0.25, 0.3) is 11.8 Å². The predicted molar refractivity (Wildman–Crippen MR) is 159 cm³/mol. The number of fused-ring (bicyclic) bond motifs is 2. The molecule has 44 heavy (non-hydrogen) atoms. The van der Waals surface area contributed by atoms with Gasteiger partial charge in [0.15, 0.2) is 26.3 Å². The Morgan fingerprint density at radius 2 is 1.82 bits per heavy atom. The molecule has 14 heteroatoms. The maximum atomic E-state index is 14.5. The van der Waals surface area contributed by atoms with E-state index in [-0.39, 0.29) is 31.0 Å². The molecule has 2 saturated heterocycles. The Balaban J connectivity index is 1.44. The van der Waals surface area contributed by atoms with Crippen molar-refractivity contribution in [2.45, 2.75) is 80.9 Å². The van der Waals surface area contributed by atoms with E-state index < -0.39 is 62.6 Å². The summed E-state index contributed by atoms with van der Waals surface area (Å²) in [6.45, 7) is 5.47. The Morgan fingerprint density at radius 1 is 1.09 bits per heavy atom. The van der Waals surface area contributed by atoms with Crippen molar-refractivity contribution < 1.29 is 54.1 Å². The van der Waals surface area contributed by atoms with Gasteiger partial charge in [0.2, 0.25) is 0 Å². The number of methoxy groups -OCH3 is 1. The van der Waals surface area contributed by atoms with Crippen molar-refractivity contribution in [1.82, 2.24) is 0 Å². The maximum Gasteiger partial charge on any atom is 0.264 e. The van der Waals surface area contributed by atoms with Crippen LogP contribution in [0.2, 0.25) is 18.6 Å². The second-order valence-corrected chi connectivity index (χ2v) is 16.2. The van der Waals surface area contributed by atoms with E-state index in [0.29, 0.717) is 28.3 Å². The van der Waals surface area contributed by atoms with Gasteiger partial charge in [-0.3, -0.25) is 9.59 Å². The van der Waals surface area contributed by atoms with E-state index in [9.17, 15) is 39.9 Å². The minimum Gasteiger partial charge on any atom is -0.497 e. The molecule has 3 heterocycles. The summed E-state index contributed by atoms with van der Waals surface area (Å²) in [6, 6.07) is 12.0. The van der Waals surface area contributed by atoms with E-state index in [2.05, 4.69) is 5.32 Å². The minimum absolute atomic E-state index is 0.0984. The lowest BCUT2D eigenvalue weighted by Crippen LogP contribution is -2.60. The molecule has 0 radical (unpaired) electrons. The summed E-state index contributed by atoms with van der Waals surface area (Å²) >= 11 is 0. The summed E-state index contributed by atoms with van der Waals surface area (Å²) in [7, 11) is -1.33. The van der Waals surface area contributed by atoms with E-state index >= 15 is 0 Å². The number of hydrogen-bond acceptors (Lipinski definition) is 11. The van der Waals surface area contributed by atoms with E-state index in [1.807, 2.05) is 20.0 Å². The van der Waals surface area contributed by atoms with Gasteiger partial charge in [0.05, 0.1) is 25.4 Å². The Kier molecular flexibility index (Phi) is 8.94. The summed E-state index contributed by atoms with van der Waals surface area (Å²) in [6.07, 6.45) is -9.10. The van der Waals surface area contributed by atoms with Crippen LogP contribution in [0, 0.1) is 5.92 Å². The molecule has 3 aliphatic heterocycles. The highest BCUT2D eigenvalue weighted by atomic mass is 28.4. The molecule has 7 N–H and O–H groups in total. The van der Waals surface area contributed by atoms with E-state index in [4.69, 9.17) is 14.2 Å². The van der Waals surface area contributed by atoms with Gasteiger partial charge in [-0.2, -0.15) is 0 Å². The molecular weight excluding hydrogens is 592 g/mol. The number of nitrogens with one attached hydrogen (secondary N) is 1. The predicted octanol–water partition coefficient (Wildman–Crippen LogP) is 0.161. The Hall–Kier alpha value is -2.92. The molecule has 0 bridgehead atoms. The molecule has 2 aromatic carbocycles. The molecular formula is C30H40N2O11Si. The molecule has 13 nitrogen and oxygen atoms in total. The average Bonchev–Trinajstić information content (AvgIpc) is 3.40. The number of aliphatic hydroxyl groups excluding tert-OH is 5. The van der Waals surface area contributed by atoms with Gasteiger partial charge in [-0.15, -0.1) is 0 Å². The normalized spacial score (nSPS) is 33.5. The molecule has 5 rings (SSSR count). The highest BCUT2D eigenvalue weighted by Gasteiger charge is 2.66. The van der Waals surface area contributed by atoms with Crippen molar-refractivity contribution in [3.05, 3.63) is 53.6 Å². The number of rotatable bonds is 8. The van der Waals surface area contributed by atoms with Gasteiger partial charge in [0.1, 0.15) is 24.1 Å². The van der Waals surface area contributed by atoms with Crippen molar-refractivity contribution in [2.24, 2.45) is 5.92 Å². The maximum absolute atomic E-state index is 14.5. The fourth-order valence-corrected chi connectivity index (χ4v) is 9.56. The van der Waals surface area contributed by atoms with Crippen molar-refractivity contribution in [3.8, 4) is 5.75 Å². The molecule has 240 valence electrons. The average molecular weight is 633 g/mol. The van der Waals surface area contributed by atoms with Crippen LogP contribution in [0.15, 0.2) is 42.5 Å². The Bertz CT molecular complexity index is 1400. The monoisotopic (exact) mass is 632 g/mol. The molecule has 0 saturated carbocycles. The SMILES string of the molecule is COc1ccc2c(c1)[C@]1(O[C@@H](CCO)[C@H]([Si](C)(C)O)[C@H]1C)C(=O)N2Cc1cccc(NC(=O)[C@H]2O[C@@H](O)[C@H](O)[C@@H](O)[C@@H]2O)c1. The summed E-state index contributed by atoms with van der Waals surface area (Å²) in [4.78, 5) is 40.2. The van der Waals surface area contributed by atoms with Crippen LogP contribution in [-0.2, 0) is 31.2 Å². The number of ether oxygens (including phenoxy) is 3. The van der Waals surface area contributed by atoms with Crippen LogP contribution in [0.25, 0.3) is 0 Å². The second-order valence-electron chi connectivity index (χ2n) is 12.3. The quantitative estimate of drug-likeness (QED) is 0.196. The second kappa shape index (κ2) is 12.1. The fourth-order valence-electron chi connectivity index (χ4n) is 6.96. The highest BCUT2D eigenvalue weighted by Crippen LogP contribution is 2.60. The molecule has 9 atom stereocenters. The van der Waals surface area contributed by atoms with Crippen molar-refractivity contribution >= 4 is 31.5 Å². The first-order chi connectivity index (χ1) is 20.7. The van der Waals surface area contributed by atoms with E-state index in [1.165, 1.54) is 7.11 Å². The smallest absolute Gasteiger partial charge is 0.264 e. The van der Waals surface area contributed by atoms with Crippen LogP contribution >= 0.6 is 0 Å². The number of hydrogen-bond donors (Lipinski definition) is 7. The van der Waals surface area contributed by atoms with Crippen LogP contribution in [0.5, 0.6) is 5.75 Å². The first-order valence-corrected chi connectivity index (χ1v) is 17.6. The fraction of sp³-hybridized carbons (Fsp3) is 0.533. The molecule has 0 aromatic heterocycles. The lowest BCUT2D eigenvalue weighted by atomic mass is 9.82. The molecule has 0 unspecified atom stereocenters. The van der Waals surface area contributed by atoms with Gasteiger partial charge >= 0.3 is 0 Å². The zero-order valence-corrected chi connectivity index (χ0v) is 26.0. The molecule has 1 spiro atoms. The van der Waals surface area contributed by atoms with Gasteiger partial charge in [-0.05, 0) is 55.4 Å². The summed E-state index contributed by atoms with van der Waals surface area (Å²) < 4.78 is 17.1. The minimum atomic E-state index is -2.86. The molecule has 3 aliphatic rings. The first-order valence-electron chi connectivity index (χ1n) is 14.5. The number of nitrogens with zero attached hydrogens (tertiary/aromatic N) is 1. The first kappa shape index (κ1) is 32.5. The number of carbonyl (C=O) groups excluding carboxylic acids is 2. The molecule has 2 fully saturated rings. The number of aliphatic hydroxyl groups is 5. The number of benzene rings is 2. The van der Waals surface area contributed by atoms with Gasteiger partial charge in [0, 0.05) is 29.3 Å². The van der Waals surface area contributed by atoms with Crippen molar-refractivity contribution in [1.29, 1.82) is 0 Å². The number of amides is 2. The van der Waals surface area contributed by atoms with Crippen LogP contribution in [0.4, 0.5) is 11.4 Å². The Morgan fingerprint density at radius 3 is 2.48 bits per heavy atom. The highest BCUT2D eigenvalue weighted by molar-refractivity contribution is 6.71. The van der Waals surface area contributed by atoms with Gasteiger partial charge in [-0.25, -0.2) is 0 Å². The topological polar surface area (TPSA) is 198 Å². The summed E-state index contributed by atoms with van der Waals surface area (Å²) in [5, 5.41) is 52.1. The summed E-state index contributed by atoms with van der Waals surface area (Å²) in [5.41, 5.74) is 0.432. The van der Waals surface area contributed by atoms with Gasteiger partial charge < -0.3 is 54.8 Å². The third-order valence-corrected chi connectivity index (χ3v) is 11.5. The van der Waals surface area contributed by atoms with Crippen LogP contribution < -0.4 is 15.0 Å². The lowest BCUT2D eigenvalue weighted by molar-refractivity contribution is -0.274. The van der Waals surface area contributed by atoms with Crippen LogP contribution in [0.1, 0.15) is 24.5 Å². The van der Waals surface area contributed by atoms with Crippen LogP contribution in [-0.4, -0.2) is 101 Å². The molecule has 2 amide bonds. The number of carbonyl (C=O) groups is 2. The third kappa shape index (κ3) is 5.44. The third-order valence-electron chi connectivity index (χ3n) is 8.99. The van der Waals surface area contributed by atoms with Crippen LogP contribution in [0.3, 0.4) is 0 Å². The van der Waals surface area contributed by atoms with E-state index in [1.54, 1.807) is 47.4 Å². The van der Waals surface area contributed by atoms with E-state index in [0.717, 1.165) is 0 Å². The molecule has 0 aliphatic carbocycles. The lowest BCUT2D eigenvalue weighted by Gasteiger charge is -2.37. The largest absolute Gasteiger partial charge is 0.497 e. The van der Waals surface area contributed by atoms with Crippen molar-refractivity contribution in [2.75, 3.05) is 23.9 Å². The zero-order chi connectivity index (χ0) is 32.1.